The van der Waals surface area contributed by atoms with Crippen molar-refractivity contribution in [2.24, 2.45) is 0 Å². The van der Waals surface area contributed by atoms with Crippen molar-refractivity contribution in [3.05, 3.63) is 72.1 Å². The topological polar surface area (TPSA) is 45.4 Å². The van der Waals surface area contributed by atoms with Gasteiger partial charge in [-0.2, -0.15) is 0 Å². The van der Waals surface area contributed by atoms with E-state index in [9.17, 15) is 0 Å². The summed E-state index contributed by atoms with van der Waals surface area (Å²) in [6, 6.07) is 20.7. The van der Waals surface area contributed by atoms with E-state index in [1.54, 1.807) is 0 Å². The van der Waals surface area contributed by atoms with E-state index in [1.165, 1.54) is 5.56 Å². The van der Waals surface area contributed by atoms with Crippen molar-refractivity contribution in [3.63, 3.8) is 0 Å². The van der Waals surface area contributed by atoms with Gasteiger partial charge in [-0.15, -0.1) is 10.2 Å². The maximum absolute atomic E-state index is 5.93. The summed E-state index contributed by atoms with van der Waals surface area (Å²) in [7, 11) is 0. The van der Waals surface area contributed by atoms with E-state index in [0.29, 0.717) is 11.8 Å². The van der Waals surface area contributed by atoms with Crippen LogP contribution in [0.15, 0.2) is 65.1 Å². The molecule has 1 atom stereocenters. The predicted molar refractivity (Wildman–Crippen MR) is 101 cm³/mol. The molecule has 1 aliphatic heterocycles. The zero-order valence-electron chi connectivity index (χ0n) is 15.1. The lowest BCUT2D eigenvalue weighted by molar-refractivity contribution is 0.0876. The second kappa shape index (κ2) is 7.81. The van der Waals surface area contributed by atoms with Crippen LogP contribution in [0.2, 0.25) is 0 Å². The lowest BCUT2D eigenvalue weighted by Crippen LogP contribution is -2.46. The highest BCUT2D eigenvalue weighted by molar-refractivity contribution is 5.51. The Bertz CT molecular complexity index is 810. The molecule has 0 amide bonds. The van der Waals surface area contributed by atoms with Crippen LogP contribution in [0.25, 0.3) is 11.5 Å². The van der Waals surface area contributed by atoms with Gasteiger partial charge in [0.05, 0.1) is 6.04 Å². The molecule has 1 saturated heterocycles. The van der Waals surface area contributed by atoms with Gasteiger partial charge in [-0.05, 0) is 24.6 Å². The van der Waals surface area contributed by atoms with Gasteiger partial charge in [0.15, 0.2) is 0 Å². The molecule has 1 fully saturated rings. The Morgan fingerprint density at radius 1 is 0.885 bits per heavy atom. The molecule has 134 valence electrons. The van der Waals surface area contributed by atoms with Crippen molar-refractivity contribution >= 4 is 0 Å². The Balaban J connectivity index is 1.35. The third-order valence-electron chi connectivity index (χ3n) is 5.02. The van der Waals surface area contributed by atoms with Crippen molar-refractivity contribution < 1.29 is 4.42 Å². The van der Waals surface area contributed by atoms with Crippen molar-refractivity contribution in [1.29, 1.82) is 0 Å². The number of piperazine rings is 1. The summed E-state index contributed by atoms with van der Waals surface area (Å²) in [5.41, 5.74) is 2.34. The van der Waals surface area contributed by atoms with E-state index in [1.807, 2.05) is 30.3 Å². The van der Waals surface area contributed by atoms with E-state index >= 15 is 0 Å². The Hall–Kier alpha value is -2.50. The summed E-state index contributed by atoms with van der Waals surface area (Å²) in [5, 5.41) is 8.50. The fourth-order valence-corrected chi connectivity index (χ4v) is 3.41. The largest absolute Gasteiger partial charge is 0.419 e. The molecular formula is C21H24N4O. The van der Waals surface area contributed by atoms with Crippen LogP contribution in [0, 0.1) is 0 Å². The first kappa shape index (κ1) is 16.9. The minimum Gasteiger partial charge on any atom is -0.419 e. The number of hydrogen-bond acceptors (Lipinski definition) is 5. The smallest absolute Gasteiger partial charge is 0.247 e. The molecule has 0 spiro atoms. The molecule has 5 nitrogen and oxygen atoms in total. The predicted octanol–water partition coefficient (Wildman–Crippen LogP) is 3.62. The van der Waals surface area contributed by atoms with Gasteiger partial charge in [-0.25, -0.2) is 0 Å². The van der Waals surface area contributed by atoms with Gasteiger partial charge >= 0.3 is 0 Å². The van der Waals surface area contributed by atoms with Crippen molar-refractivity contribution in [3.8, 4) is 11.5 Å². The molecule has 3 aromatic rings. The van der Waals surface area contributed by atoms with Gasteiger partial charge in [-0.1, -0.05) is 48.5 Å². The molecule has 5 heteroatoms. The Kier molecular flexibility index (Phi) is 5.09. The Morgan fingerprint density at radius 3 is 2.23 bits per heavy atom. The summed E-state index contributed by atoms with van der Waals surface area (Å²) in [6.45, 7) is 7.29. The van der Waals surface area contributed by atoms with Crippen LogP contribution in [0.3, 0.4) is 0 Å². The quantitative estimate of drug-likeness (QED) is 0.705. The van der Waals surface area contributed by atoms with Crippen molar-refractivity contribution in [1.82, 2.24) is 20.0 Å². The van der Waals surface area contributed by atoms with Crippen LogP contribution in [0.1, 0.15) is 24.4 Å². The van der Waals surface area contributed by atoms with E-state index < -0.39 is 0 Å². The third-order valence-corrected chi connectivity index (χ3v) is 5.02. The highest BCUT2D eigenvalue weighted by Crippen LogP contribution is 2.24. The zero-order valence-corrected chi connectivity index (χ0v) is 15.1. The molecule has 1 aromatic heterocycles. The average Bonchev–Trinajstić information content (AvgIpc) is 3.20. The van der Waals surface area contributed by atoms with Gasteiger partial charge in [0.2, 0.25) is 11.8 Å². The Labute approximate surface area is 154 Å². The van der Waals surface area contributed by atoms with Gasteiger partial charge in [0.25, 0.3) is 0 Å². The standard InChI is InChI=1S/C21H24N4O/c1-17(20-22-23-21(26-20)19-10-6-3-7-11-19)25-14-12-24(13-15-25)16-18-8-4-2-5-9-18/h2-11,17H,12-16H2,1H3/t17-/m1/s1. The average molecular weight is 348 g/mol. The molecule has 2 heterocycles. The normalized spacial score (nSPS) is 17.3. The first-order valence-electron chi connectivity index (χ1n) is 9.19. The first-order chi connectivity index (χ1) is 12.8. The lowest BCUT2D eigenvalue weighted by Gasteiger charge is -2.36. The minimum atomic E-state index is 0.138. The summed E-state index contributed by atoms with van der Waals surface area (Å²) in [4.78, 5) is 4.92. The van der Waals surface area contributed by atoms with E-state index in [2.05, 4.69) is 57.3 Å². The molecule has 2 aromatic carbocycles. The van der Waals surface area contributed by atoms with Crippen LogP contribution < -0.4 is 0 Å². The molecular weight excluding hydrogens is 324 g/mol. The highest BCUT2D eigenvalue weighted by atomic mass is 16.4. The van der Waals surface area contributed by atoms with Crippen molar-refractivity contribution in [2.45, 2.75) is 19.5 Å². The van der Waals surface area contributed by atoms with E-state index in [4.69, 9.17) is 4.42 Å². The van der Waals surface area contributed by atoms with Gasteiger partial charge < -0.3 is 4.42 Å². The second-order valence-corrected chi connectivity index (χ2v) is 6.79. The number of nitrogens with zero attached hydrogens (tertiary/aromatic N) is 4. The van der Waals surface area contributed by atoms with Gasteiger partial charge in [-0.3, -0.25) is 9.80 Å². The lowest BCUT2D eigenvalue weighted by atomic mass is 10.2. The van der Waals surface area contributed by atoms with Crippen molar-refractivity contribution in [2.75, 3.05) is 26.2 Å². The number of benzene rings is 2. The molecule has 26 heavy (non-hydrogen) atoms. The molecule has 0 radical (unpaired) electrons. The fourth-order valence-electron chi connectivity index (χ4n) is 3.41. The van der Waals surface area contributed by atoms with Crippen LogP contribution >= 0.6 is 0 Å². The first-order valence-corrected chi connectivity index (χ1v) is 9.19. The summed E-state index contributed by atoms with van der Waals surface area (Å²) >= 11 is 0. The Morgan fingerprint density at radius 2 is 1.54 bits per heavy atom. The van der Waals surface area contributed by atoms with Crippen LogP contribution in [-0.4, -0.2) is 46.2 Å². The summed E-state index contributed by atoms with van der Waals surface area (Å²) in [5.74, 6) is 1.29. The number of rotatable bonds is 5. The monoisotopic (exact) mass is 348 g/mol. The zero-order chi connectivity index (χ0) is 17.8. The van der Waals surface area contributed by atoms with E-state index in [0.717, 1.165) is 38.3 Å². The van der Waals surface area contributed by atoms with Gasteiger partial charge in [0, 0.05) is 38.3 Å². The number of hydrogen-bond donors (Lipinski definition) is 0. The molecule has 0 bridgehead atoms. The van der Waals surface area contributed by atoms with Crippen LogP contribution in [-0.2, 0) is 6.54 Å². The molecule has 0 aliphatic carbocycles. The minimum absolute atomic E-state index is 0.138. The molecule has 0 N–H and O–H groups in total. The second-order valence-electron chi connectivity index (χ2n) is 6.79. The highest BCUT2D eigenvalue weighted by Gasteiger charge is 2.25. The van der Waals surface area contributed by atoms with Crippen LogP contribution in [0.5, 0.6) is 0 Å². The molecule has 0 unspecified atom stereocenters. The molecule has 4 rings (SSSR count). The third kappa shape index (κ3) is 3.84. The van der Waals surface area contributed by atoms with E-state index in [-0.39, 0.29) is 6.04 Å². The molecule has 0 saturated carbocycles. The van der Waals surface area contributed by atoms with Crippen LogP contribution in [0.4, 0.5) is 0 Å². The maximum Gasteiger partial charge on any atom is 0.247 e. The maximum atomic E-state index is 5.93. The summed E-state index contributed by atoms with van der Waals surface area (Å²) < 4.78 is 5.93. The summed E-state index contributed by atoms with van der Waals surface area (Å²) in [6.07, 6.45) is 0. The van der Waals surface area contributed by atoms with Gasteiger partial charge in [0.1, 0.15) is 0 Å². The molecule has 1 aliphatic rings. The number of aromatic nitrogens is 2. The fraction of sp³-hybridized carbons (Fsp3) is 0.333. The SMILES string of the molecule is C[C@H](c1nnc(-c2ccccc2)o1)N1CCN(Cc2ccccc2)CC1.